The monoisotopic (exact) mass is 401 g/mol. The summed E-state index contributed by atoms with van der Waals surface area (Å²) in [6.07, 6.45) is 0. The van der Waals surface area contributed by atoms with Gasteiger partial charge in [0.1, 0.15) is 5.58 Å². The number of ether oxygens (including phenoxy) is 2. The third kappa shape index (κ3) is 2.87. The zero-order valence-electron chi connectivity index (χ0n) is 13.8. The van der Waals surface area contributed by atoms with Crippen molar-refractivity contribution in [2.75, 3.05) is 6.79 Å². The fourth-order valence-electron chi connectivity index (χ4n) is 2.94. The highest BCUT2D eigenvalue weighted by atomic mass is 79.9. The van der Waals surface area contributed by atoms with E-state index < -0.39 is 0 Å². The van der Waals surface area contributed by atoms with Crippen molar-refractivity contribution in [2.45, 2.75) is 19.9 Å². The van der Waals surface area contributed by atoms with E-state index in [4.69, 9.17) is 13.9 Å². The van der Waals surface area contributed by atoms with Gasteiger partial charge in [-0.15, -0.1) is 0 Å². The molecule has 1 atom stereocenters. The Kier molecular flexibility index (Phi) is 3.92. The van der Waals surface area contributed by atoms with Gasteiger partial charge in [0.15, 0.2) is 17.3 Å². The summed E-state index contributed by atoms with van der Waals surface area (Å²) in [6.45, 7) is 4.04. The number of nitrogens with one attached hydrogen (secondary N) is 1. The van der Waals surface area contributed by atoms with Gasteiger partial charge in [0.2, 0.25) is 6.79 Å². The lowest BCUT2D eigenvalue weighted by atomic mass is 10.1. The molecule has 0 saturated carbocycles. The minimum Gasteiger partial charge on any atom is -0.454 e. The maximum absolute atomic E-state index is 12.7. The highest BCUT2D eigenvalue weighted by molar-refractivity contribution is 9.10. The molecular weight excluding hydrogens is 386 g/mol. The van der Waals surface area contributed by atoms with Gasteiger partial charge in [-0.2, -0.15) is 0 Å². The number of benzene rings is 2. The first-order chi connectivity index (χ1) is 12.0. The Morgan fingerprint density at radius 1 is 1.16 bits per heavy atom. The topological polar surface area (TPSA) is 60.7 Å². The van der Waals surface area contributed by atoms with Crippen molar-refractivity contribution in [3.05, 3.63) is 57.8 Å². The molecular formula is C19H16BrNO4. The van der Waals surface area contributed by atoms with Gasteiger partial charge in [-0.3, -0.25) is 4.79 Å². The van der Waals surface area contributed by atoms with Crippen molar-refractivity contribution in [1.29, 1.82) is 0 Å². The van der Waals surface area contributed by atoms with E-state index in [9.17, 15) is 4.79 Å². The molecule has 5 nitrogen and oxygen atoms in total. The van der Waals surface area contributed by atoms with Crippen molar-refractivity contribution < 1.29 is 18.7 Å². The number of carbonyl (C=O) groups excluding carboxylic acids is 1. The minimum atomic E-state index is -0.241. The van der Waals surface area contributed by atoms with Crippen molar-refractivity contribution in [3.63, 3.8) is 0 Å². The number of hydrogen-bond acceptors (Lipinski definition) is 4. The number of furan rings is 1. The summed E-state index contributed by atoms with van der Waals surface area (Å²) >= 11 is 3.44. The van der Waals surface area contributed by atoms with Crippen LogP contribution in [0.1, 0.15) is 34.6 Å². The number of hydrogen-bond donors (Lipinski definition) is 1. The van der Waals surface area contributed by atoms with Crippen LogP contribution in [-0.2, 0) is 0 Å². The van der Waals surface area contributed by atoms with E-state index in [-0.39, 0.29) is 18.7 Å². The average molecular weight is 402 g/mol. The largest absolute Gasteiger partial charge is 0.454 e. The minimum absolute atomic E-state index is 0.193. The van der Waals surface area contributed by atoms with Crippen LogP contribution in [0.4, 0.5) is 0 Å². The van der Waals surface area contributed by atoms with Crippen molar-refractivity contribution in [1.82, 2.24) is 5.32 Å². The van der Waals surface area contributed by atoms with Crippen LogP contribution in [0, 0.1) is 6.92 Å². The highest BCUT2D eigenvalue weighted by Crippen LogP contribution is 2.34. The molecule has 1 aliphatic heterocycles. The summed E-state index contributed by atoms with van der Waals surface area (Å²) in [4.78, 5) is 12.7. The molecule has 25 heavy (non-hydrogen) atoms. The van der Waals surface area contributed by atoms with E-state index in [0.717, 1.165) is 26.7 Å². The fourth-order valence-corrected chi connectivity index (χ4v) is 3.30. The smallest absolute Gasteiger partial charge is 0.287 e. The third-order valence-electron chi connectivity index (χ3n) is 4.35. The van der Waals surface area contributed by atoms with E-state index in [0.29, 0.717) is 17.1 Å². The van der Waals surface area contributed by atoms with Gasteiger partial charge in [-0.1, -0.05) is 22.0 Å². The summed E-state index contributed by atoms with van der Waals surface area (Å²) in [6, 6.07) is 11.2. The highest BCUT2D eigenvalue weighted by Gasteiger charge is 2.21. The van der Waals surface area contributed by atoms with Gasteiger partial charge < -0.3 is 19.2 Å². The van der Waals surface area contributed by atoms with Crippen molar-refractivity contribution >= 4 is 32.8 Å². The average Bonchev–Trinajstić information content (AvgIpc) is 3.19. The standard InChI is InChI=1S/C19H16BrNO4/c1-10-14-8-13(20)4-6-15(14)25-18(10)19(22)21-11(2)12-3-5-16-17(7-12)24-9-23-16/h3-8,11H,9H2,1-2H3,(H,21,22). The van der Waals surface area contributed by atoms with Gasteiger partial charge in [-0.25, -0.2) is 0 Å². The Labute approximate surface area is 153 Å². The number of aryl methyl sites for hydroxylation is 1. The van der Waals surface area contributed by atoms with Crippen LogP contribution in [-0.4, -0.2) is 12.7 Å². The van der Waals surface area contributed by atoms with Crippen molar-refractivity contribution in [2.24, 2.45) is 0 Å². The van der Waals surface area contributed by atoms with Gasteiger partial charge >= 0.3 is 0 Å². The molecule has 1 aliphatic rings. The van der Waals surface area contributed by atoms with Crippen LogP contribution >= 0.6 is 15.9 Å². The molecule has 0 saturated heterocycles. The number of rotatable bonds is 3. The van der Waals surface area contributed by atoms with Crippen LogP contribution in [0.15, 0.2) is 45.3 Å². The van der Waals surface area contributed by atoms with Gasteiger partial charge in [0, 0.05) is 15.4 Å². The van der Waals surface area contributed by atoms with Gasteiger partial charge in [0.05, 0.1) is 6.04 Å². The Balaban J connectivity index is 1.58. The first-order valence-corrected chi connectivity index (χ1v) is 8.71. The molecule has 128 valence electrons. The molecule has 2 heterocycles. The fraction of sp³-hybridized carbons (Fsp3) is 0.211. The van der Waals surface area contributed by atoms with E-state index in [1.54, 1.807) is 0 Å². The molecule has 3 aromatic rings. The molecule has 0 fully saturated rings. The Bertz CT molecular complexity index is 979. The number of fused-ring (bicyclic) bond motifs is 2. The number of halogens is 1. The number of amides is 1. The number of carbonyl (C=O) groups is 1. The second kappa shape index (κ2) is 6.11. The third-order valence-corrected chi connectivity index (χ3v) is 4.84. The summed E-state index contributed by atoms with van der Waals surface area (Å²) in [5, 5.41) is 3.91. The summed E-state index contributed by atoms with van der Waals surface area (Å²) < 4.78 is 17.4. The van der Waals surface area contributed by atoms with E-state index in [1.807, 2.05) is 50.2 Å². The molecule has 6 heteroatoms. The maximum atomic E-state index is 12.7. The summed E-state index contributed by atoms with van der Waals surface area (Å²) in [5.41, 5.74) is 2.46. The van der Waals surface area contributed by atoms with Crippen LogP contribution in [0.5, 0.6) is 11.5 Å². The molecule has 0 spiro atoms. The molecule has 0 radical (unpaired) electrons. The molecule has 1 unspecified atom stereocenters. The second-order valence-electron chi connectivity index (χ2n) is 6.00. The SMILES string of the molecule is Cc1c(C(=O)NC(C)c2ccc3c(c2)OCO3)oc2ccc(Br)cc12. The normalized spacial score (nSPS) is 13.9. The lowest BCUT2D eigenvalue weighted by Crippen LogP contribution is -2.26. The van der Waals surface area contributed by atoms with E-state index in [2.05, 4.69) is 21.2 Å². The van der Waals surface area contributed by atoms with E-state index >= 15 is 0 Å². The molecule has 1 amide bonds. The summed E-state index contributed by atoms with van der Waals surface area (Å²) in [5.74, 6) is 1.51. The first-order valence-electron chi connectivity index (χ1n) is 7.92. The predicted molar refractivity (Wildman–Crippen MR) is 97.1 cm³/mol. The first kappa shape index (κ1) is 16.0. The molecule has 2 aromatic carbocycles. The van der Waals surface area contributed by atoms with Crippen molar-refractivity contribution in [3.8, 4) is 11.5 Å². The second-order valence-corrected chi connectivity index (χ2v) is 6.92. The van der Waals surface area contributed by atoms with E-state index in [1.165, 1.54) is 0 Å². The zero-order valence-corrected chi connectivity index (χ0v) is 15.3. The molecule has 0 aliphatic carbocycles. The van der Waals surface area contributed by atoms with Crippen LogP contribution < -0.4 is 14.8 Å². The van der Waals surface area contributed by atoms with Gasteiger partial charge in [-0.05, 0) is 49.7 Å². The maximum Gasteiger partial charge on any atom is 0.287 e. The zero-order chi connectivity index (χ0) is 17.6. The van der Waals surface area contributed by atoms with Gasteiger partial charge in [0.25, 0.3) is 5.91 Å². The molecule has 4 rings (SSSR count). The predicted octanol–water partition coefficient (Wildman–Crippen LogP) is 4.72. The van der Waals surface area contributed by atoms with Crippen LogP contribution in [0.25, 0.3) is 11.0 Å². The van der Waals surface area contributed by atoms with Crippen LogP contribution in [0.3, 0.4) is 0 Å². The molecule has 1 aromatic heterocycles. The molecule has 1 N–H and O–H groups in total. The Hall–Kier alpha value is -2.47. The Morgan fingerprint density at radius 3 is 2.80 bits per heavy atom. The lowest BCUT2D eigenvalue weighted by molar-refractivity contribution is 0.0913. The molecule has 0 bridgehead atoms. The Morgan fingerprint density at radius 2 is 1.96 bits per heavy atom. The lowest BCUT2D eigenvalue weighted by Gasteiger charge is -2.14. The van der Waals surface area contributed by atoms with Crippen LogP contribution in [0.2, 0.25) is 0 Å². The quantitative estimate of drug-likeness (QED) is 0.689. The summed E-state index contributed by atoms with van der Waals surface area (Å²) in [7, 11) is 0.